The molecule has 3 amide bonds. The molecule has 3 heterocycles. The van der Waals surface area contributed by atoms with Crippen molar-refractivity contribution in [3.05, 3.63) is 42.2 Å². The van der Waals surface area contributed by atoms with Crippen LogP contribution in [0.1, 0.15) is 31.4 Å². The molecule has 2 aromatic rings. The number of aromatic nitrogens is 2. The summed E-state index contributed by atoms with van der Waals surface area (Å²) in [5.74, 6) is 0.155. The van der Waals surface area contributed by atoms with Crippen LogP contribution in [0.3, 0.4) is 0 Å². The molecule has 2 saturated heterocycles. The van der Waals surface area contributed by atoms with Crippen molar-refractivity contribution in [1.82, 2.24) is 14.7 Å². The van der Waals surface area contributed by atoms with Crippen molar-refractivity contribution in [2.75, 3.05) is 36.5 Å². The fourth-order valence-electron chi connectivity index (χ4n) is 3.60. The van der Waals surface area contributed by atoms with E-state index in [-0.39, 0.29) is 18.0 Å². The van der Waals surface area contributed by atoms with Crippen LogP contribution in [0, 0.1) is 0 Å². The molecule has 8 nitrogen and oxygen atoms in total. The summed E-state index contributed by atoms with van der Waals surface area (Å²) >= 11 is 0. The Balaban J connectivity index is 1.37. The number of nitrogens with one attached hydrogen (secondary N) is 1. The van der Waals surface area contributed by atoms with Gasteiger partial charge < -0.3 is 19.9 Å². The number of carbonyl (C=O) groups excluding carboxylic acids is 2. The first-order valence-corrected chi connectivity index (χ1v) is 9.74. The lowest BCUT2D eigenvalue weighted by Gasteiger charge is -2.32. The van der Waals surface area contributed by atoms with Crippen LogP contribution in [-0.2, 0) is 16.1 Å². The van der Waals surface area contributed by atoms with Crippen LogP contribution in [0.5, 0.6) is 0 Å². The predicted molar refractivity (Wildman–Crippen MR) is 105 cm³/mol. The Hall–Kier alpha value is -2.87. The van der Waals surface area contributed by atoms with Gasteiger partial charge >= 0.3 is 6.03 Å². The van der Waals surface area contributed by atoms with Gasteiger partial charge in [-0.25, -0.2) is 4.79 Å². The van der Waals surface area contributed by atoms with E-state index < -0.39 is 0 Å². The molecule has 0 aliphatic carbocycles. The summed E-state index contributed by atoms with van der Waals surface area (Å²) in [6.45, 7) is 5.12. The van der Waals surface area contributed by atoms with Crippen molar-refractivity contribution in [3.63, 3.8) is 0 Å². The summed E-state index contributed by atoms with van der Waals surface area (Å²) in [6.07, 6.45) is 5.10. The zero-order chi connectivity index (χ0) is 19.5. The Morgan fingerprint density at radius 1 is 1.29 bits per heavy atom. The van der Waals surface area contributed by atoms with Gasteiger partial charge in [0.15, 0.2) is 0 Å². The van der Waals surface area contributed by atoms with Crippen LogP contribution < -0.4 is 10.2 Å². The standard InChI is InChI=1S/C20H25N5O3/c1-2-24-13-15(12-21-24)18-14-23(10-11-28-18)20(27)22-16-5-7-17(8-6-16)25-9-3-4-19(25)26/h5-8,12-13,18H,2-4,9-11,14H2,1H3,(H,22,27)/t18-/m0/s1. The molecule has 28 heavy (non-hydrogen) atoms. The van der Waals surface area contributed by atoms with Crippen molar-refractivity contribution in [2.45, 2.75) is 32.4 Å². The summed E-state index contributed by atoms with van der Waals surface area (Å²) in [7, 11) is 0. The molecule has 0 spiro atoms. The summed E-state index contributed by atoms with van der Waals surface area (Å²) < 4.78 is 7.67. The molecule has 2 fully saturated rings. The lowest BCUT2D eigenvalue weighted by molar-refractivity contribution is -0.117. The zero-order valence-corrected chi connectivity index (χ0v) is 16.0. The molecule has 0 unspecified atom stereocenters. The number of anilines is 2. The number of nitrogens with zero attached hydrogens (tertiary/aromatic N) is 4. The van der Waals surface area contributed by atoms with E-state index in [0.717, 1.165) is 30.8 Å². The largest absolute Gasteiger partial charge is 0.370 e. The van der Waals surface area contributed by atoms with Crippen molar-refractivity contribution in [1.29, 1.82) is 0 Å². The maximum atomic E-state index is 12.7. The van der Waals surface area contributed by atoms with E-state index in [1.807, 2.05) is 42.1 Å². The quantitative estimate of drug-likeness (QED) is 0.880. The molecule has 2 aliphatic heterocycles. The minimum absolute atomic E-state index is 0.152. The Kier molecular flexibility index (Phi) is 5.29. The first-order valence-electron chi connectivity index (χ1n) is 9.74. The van der Waals surface area contributed by atoms with E-state index in [4.69, 9.17) is 4.74 Å². The van der Waals surface area contributed by atoms with Crippen molar-refractivity contribution >= 4 is 23.3 Å². The fraction of sp³-hybridized carbons (Fsp3) is 0.450. The Morgan fingerprint density at radius 3 is 2.79 bits per heavy atom. The molecule has 4 rings (SSSR count). The second-order valence-corrected chi connectivity index (χ2v) is 7.06. The van der Waals surface area contributed by atoms with Gasteiger partial charge in [0.25, 0.3) is 0 Å². The van der Waals surface area contributed by atoms with Gasteiger partial charge in [-0.1, -0.05) is 0 Å². The van der Waals surface area contributed by atoms with Gasteiger partial charge in [0, 0.05) is 49.2 Å². The molecule has 148 valence electrons. The highest BCUT2D eigenvalue weighted by atomic mass is 16.5. The minimum atomic E-state index is -0.164. The second kappa shape index (κ2) is 8.02. The Labute approximate surface area is 164 Å². The average molecular weight is 383 g/mol. The smallest absolute Gasteiger partial charge is 0.322 e. The number of ether oxygens (including phenoxy) is 1. The van der Waals surface area contributed by atoms with Gasteiger partial charge in [0.1, 0.15) is 6.10 Å². The number of urea groups is 1. The van der Waals surface area contributed by atoms with Gasteiger partial charge in [-0.05, 0) is 37.6 Å². The monoisotopic (exact) mass is 383 g/mol. The zero-order valence-electron chi connectivity index (χ0n) is 16.0. The second-order valence-electron chi connectivity index (χ2n) is 7.06. The average Bonchev–Trinajstić information content (AvgIpc) is 3.38. The van der Waals surface area contributed by atoms with Gasteiger partial charge in [-0.3, -0.25) is 9.48 Å². The minimum Gasteiger partial charge on any atom is -0.370 e. The molecule has 1 atom stereocenters. The Morgan fingerprint density at radius 2 is 2.11 bits per heavy atom. The molecular formula is C20H25N5O3. The first-order chi connectivity index (χ1) is 13.6. The molecule has 0 bridgehead atoms. The number of hydrogen-bond acceptors (Lipinski definition) is 4. The van der Waals surface area contributed by atoms with E-state index in [9.17, 15) is 9.59 Å². The number of amides is 3. The van der Waals surface area contributed by atoms with E-state index >= 15 is 0 Å². The van der Waals surface area contributed by atoms with E-state index in [0.29, 0.717) is 31.8 Å². The van der Waals surface area contributed by atoms with Gasteiger partial charge in [-0.15, -0.1) is 0 Å². The first kappa shape index (κ1) is 18.5. The predicted octanol–water partition coefficient (Wildman–Crippen LogP) is 2.64. The highest BCUT2D eigenvalue weighted by molar-refractivity contribution is 5.96. The molecule has 1 aromatic heterocycles. The van der Waals surface area contributed by atoms with Crippen molar-refractivity contribution in [2.24, 2.45) is 0 Å². The summed E-state index contributed by atoms with van der Waals surface area (Å²) in [5, 5.41) is 7.22. The molecule has 0 radical (unpaired) electrons. The number of carbonyl (C=O) groups is 2. The number of benzene rings is 1. The maximum Gasteiger partial charge on any atom is 0.322 e. The number of rotatable bonds is 4. The summed E-state index contributed by atoms with van der Waals surface area (Å²) in [6, 6.07) is 7.27. The van der Waals surface area contributed by atoms with Gasteiger partial charge in [0.05, 0.1) is 19.3 Å². The van der Waals surface area contributed by atoms with Crippen LogP contribution >= 0.6 is 0 Å². The lowest BCUT2D eigenvalue weighted by atomic mass is 10.1. The molecule has 2 aliphatic rings. The van der Waals surface area contributed by atoms with Crippen molar-refractivity contribution in [3.8, 4) is 0 Å². The highest BCUT2D eigenvalue weighted by Gasteiger charge is 2.26. The molecule has 0 saturated carbocycles. The molecule has 1 aromatic carbocycles. The summed E-state index contributed by atoms with van der Waals surface area (Å²) in [5.41, 5.74) is 2.57. The van der Waals surface area contributed by atoms with Crippen LogP contribution in [-0.4, -0.2) is 52.9 Å². The van der Waals surface area contributed by atoms with Crippen LogP contribution in [0.4, 0.5) is 16.2 Å². The van der Waals surface area contributed by atoms with E-state index in [1.165, 1.54) is 0 Å². The van der Waals surface area contributed by atoms with Gasteiger partial charge in [0.2, 0.25) is 5.91 Å². The third-order valence-corrected chi connectivity index (χ3v) is 5.21. The van der Waals surface area contributed by atoms with Crippen LogP contribution in [0.15, 0.2) is 36.7 Å². The topological polar surface area (TPSA) is 79.7 Å². The fourth-order valence-corrected chi connectivity index (χ4v) is 3.60. The lowest BCUT2D eigenvalue weighted by Crippen LogP contribution is -2.44. The van der Waals surface area contributed by atoms with Gasteiger partial charge in [-0.2, -0.15) is 5.10 Å². The number of aryl methyl sites for hydroxylation is 1. The third-order valence-electron chi connectivity index (χ3n) is 5.21. The Bertz CT molecular complexity index is 848. The number of hydrogen-bond donors (Lipinski definition) is 1. The maximum absolute atomic E-state index is 12.7. The van der Waals surface area contributed by atoms with E-state index in [1.54, 1.807) is 16.0 Å². The van der Waals surface area contributed by atoms with Crippen LogP contribution in [0.25, 0.3) is 0 Å². The third kappa shape index (κ3) is 3.87. The van der Waals surface area contributed by atoms with Crippen molar-refractivity contribution < 1.29 is 14.3 Å². The summed E-state index contributed by atoms with van der Waals surface area (Å²) in [4.78, 5) is 28.1. The van der Waals surface area contributed by atoms with Crippen LogP contribution in [0.2, 0.25) is 0 Å². The highest BCUT2D eigenvalue weighted by Crippen LogP contribution is 2.25. The molecule has 1 N–H and O–H groups in total. The van der Waals surface area contributed by atoms with E-state index in [2.05, 4.69) is 10.4 Å². The molecular weight excluding hydrogens is 358 g/mol. The normalized spacial score (nSPS) is 19.9. The molecule has 8 heteroatoms. The number of morpholine rings is 1. The SMILES string of the molecule is CCn1cc([C@@H]2CN(C(=O)Nc3ccc(N4CCCC4=O)cc3)CCO2)cn1.